The second-order valence-corrected chi connectivity index (χ2v) is 5.65. The summed E-state index contributed by atoms with van der Waals surface area (Å²) in [5, 5.41) is 9.28. The molecule has 4 nitrogen and oxygen atoms in total. The first-order valence-corrected chi connectivity index (χ1v) is 7.62. The van der Waals surface area contributed by atoms with Gasteiger partial charge in [0, 0.05) is 18.3 Å². The Morgan fingerprint density at radius 2 is 2.20 bits per heavy atom. The largest absolute Gasteiger partial charge is 0.478 e. The maximum Gasteiger partial charge on any atom is 0.335 e. The molecule has 1 saturated heterocycles. The summed E-state index contributed by atoms with van der Waals surface area (Å²) < 4.78 is 0. The Bertz CT molecular complexity index is 474. The zero-order valence-corrected chi connectivity index (χ0v) is 12.4. The highest BCUT2D eigenvalue weighted by atomic mass is 16.4. The number of anilines is 1. The summed E-state index contributed by atoms with van der Waals surface area (Å²) in [4.78, 5) is 18.3. The van der Waals surface area contributed by atoms with Crippen molar-refractivity contribution >= 4 is 11.8 Å². The van der Waals surface area contributed by atoms with Crippen LogP contribution >= 0.6 is 0 Å². The van der Waals surface area contributed by atoms with E-state index in [9.17, 15) is 9.90 Å². The molecule has 1 aromatic heterocycles. The van der Waals surface area contributed by atoms with E-state index in [-0.39, 0.29) is 0 Å². The lowest BCUT2D eigenvalue weighted by Gasteiger charge is -2.29. The third-order valence-corrected chi connectivity index (χ3v) is 3.97. The molecule has 1 aromatic rings. The van der Waals surface area contributed by atoms with Gasteiger partial charge in [0.05, 0.1) is 5.56 Å². The van der Waals surface area contributed by atoms with Crippen molar-refractivity contribution in [3.8, 4) is 0 Å². The van der Waals surface area contributed by atoms with Crippen LogP contribution in [0.3, 0.4) is 0 Å². The minimum Gasteiger partial charge on any atom is -0.478 e. The van der Waals surface area contributed by atoms with E-state index < -0.39 is 5.97 Å². The lowest BCUT2D eigenvalue weighted by Crippen LogP contribution is -2.33. The molecule has 0 amide bonds. The van der Waals surface area contributed by atoms with Crippen LogP contribution in [-0.2, 0) is 6.42 Å². The van der Waals surface area contributed by atoms with Gasteiger partial charge in [0.2, 0.25) is 0 Å². The second kappa shape index (κ2) is 6.73. The normalized spacial score (nSPS) is 19.7. The molecule has 0 aliphatic carbocycles. The van der Waals surface area contributed by atoms with Crippen LogP contribution in [0, 0.1) is 0 Å². The van der Waals surface area contributed by atoms with Gasteiger partial charge in [0.25, 0.3) is 0 Å². The number of rotatable bonds is 4. The van der Waals surface area contributed by atoms with E-state index in [1.54, 1.807) is 12.1 Å². The third kappa shape index (κ3) is 3.50. The molecular weight excluding hydrogens is 252 g/mol. The number of nitrogens with zero attached hydrogens (tertiary/aromatic N) is 2. The van der Waals surface area contributed by atoms with E-state index in [4.69, 9.17) is 0 Å². The molecule has 0 bridgehead atoms. The first-order valence-electron chi connectivity index (χ1n) is 7.62. The number of carboxylic acid groups (broad SMARTS) is 1. The molecule has 1 aliphatic heterocycles. The van der Waals surface area contributed by atoms with Crippen LogP contribution in [0.2, 0.25) is 0 Å². The first-order chi connectivity index (χ1) is 9.61. The Morgan fingerprint density at radius 3 is 2.90 bits per heavy atom. The van der Waals surface area contributed by atoms with Gasteiger partial charge < -0.3 is 10.0 Å². The lowest BCUT2D eigenvalue weighted by atomic mass is 10.1. The Hall–Kier alpha value is -1.58. The summed E-state index contributed by atoms with van der Waals surface area (Å²) in [6, 6.07) is 3.87. The highest BCUT2D eigenvalue weighted by Gasteiger charge is 2.20. The van der Waals surface area contributed by atoms with Crippen molar-refractivity contribution in [2.45, 2.75) is 58.4 Å². The van der Waals surface area contributed by atoms with Crippen molar-refractivity contribution in [3.63, 3.8) is 0 Å². The lowest BCUT2D eigenvalue weighted by molar-refractivity contribution is 0.0696. The van der Waals surface area contributed by atoms with Gasteiger partial charge >= 0.3 is 5.97 Å². The predicted molar refractivity (Wildman–Crippen MR) is 80.5 cm³/mol. The number of carbonyl (C=O) groups is 1. The fourth-order valence-corrected chi connectivity index (χ4v) is 2.84. The highest BCUT2D eigenvalue weighted by molar-refractivity contribution is 5.88. The number of aromatic carboxylic acids is 1. The van der Waals surface area contributed by atoms with Crippen molar-refractivity contribution in [2.75, 3.05) is 11.4 Å². The Kier molecular flexibility index (Phi) is 4.99. The monoisotopic (exact) mass is 276 g/mol. The quantitative estimate of drug-likeness (QED) is 0.914. The molecule has 1 aliphatic rings. The maximum atomic E-state index is 11.3. The zero-order chi connectivity index (χ0) is 14.5. The molecule has 2 rings (SSSR count). The van der Waals surface area contributed by atoms with Crippen LogP contribution in [0.25, 0.3) is 0 Å². The molecule has 1 fully saturated rings. The SMILES string of the molecule is CCCc1cc(C(=O)O)cc(N2CCCCCC2C)n1. The molecular formula is C16H24N2O2. The van der Waals surface area contributed by atoms with Crippen LogP contribution in [0.5, 0.6) is 0 Å². The van der Waals surface area contributed by atoms with Crippen LogP contribution in [0.15, 0.2) is 12.1 Å². The van der Waals surface area contributed by atoms with Crippen molar-refractivity contribution in [1.29, 1.82) is 0 Å². The molecule has 20 heavy (non-hydrogen) atoms. The minimum atomic E-state index is -0.867. The molecule has 0 radical (unpaired) electrons. The van der Waals surface area contributed by atoms with Crippen molar-refractivity contribution in [1.82, 2.24) is 4.98 Å². The van der Waals surface area contributed by atoms with Crippen molar-refractivity contribution in [2.24, 2.45) is 0 Å². The molecule has 4 heteroatoms. The predicted octanol–water partition coefficient (Wildman–Crippen LogP) is 3.50. The molecule has 2 heterocycles. The Morgan fingerprint density at radius 1 is 1.40 bits per heavy atom. The molecule has 0 aromatic carbocycles. The van der Waals surface area contributed by atoms with Gasteiger partial charge in [-0.3, -0.25) is 0 Å². The molecule has 1 unspecified atom stereocenters. The topological polar surface area (TPSA) is 53.4 Å². The van der Waals surface area contributed by atoms with E-state index >= 15 is 0 Å². The summed E-state index contributed by atoms with van der Waals surface area (Å²) in [5.74, 6) is -0.0313. The standard InChI is InChI=1S/C16H24N2O2/c1-3-7-14-10-13(16(19)20)11-15(17-14)18-9-6-4-5-8-12(18)2/h10-12H,3-9H2,1-2H3,(H,19,20). The van der Waals surface area contributed by atoms with E-state index in [0.717, 1.165) is 43.7 Å². The minimum absolute atomic E-state index is 0.356. The molecule has 0 saturated carbocycles. The molecule has 1 N–H and O–H groups in total. The van der Waals surface area contributed by atoms with Crippen LogP contribution in [-0.4, -0.2) is 28.6 Å². The third-order valence-electron chi connectivity index (χ3n) is 3.97. The number of pyridine rings is 1. The van der Waals surface area contributed by atoms with E-state index in [2.05, 4.69) is 23.7 Å². The van der Waals surface area contributed by atoms with Gasteiger partial charge in [-0.05, 0) is 38.3 Å². The van der Waals surface area contributed by atoms with Crippen molar-refractivity contribution in [3.05, 3.63) is 23.4 Å². The fourth-order valence-electron chi connectivity index (χ4n) is 2.84. The number of aromatic nitrogens is 1. The number of hydrogen-bond acceptors (Lipinski definition) is 3. The summed E-state index contributed by atoms with van der Waals surface area (Å²) in [5.41, 5.74) is 1.24. The van der Waals surface area contributed by atoms with Gasteiger partial charge in [0.1, 0.15) is 5.82 Å². The van der Waals surface area contributed by atoms with Gasteiger partial charge in [-0.25, -0.2) is 9.78 Å². The second-order valence-electron chi connectivity index (χ2n) is 5.65. The highest BCUT2D eigenvalue weighted by Crippen LogP contribution is 2.24. The first kappa shape index (κ1) is 14.8. The average Bonchev–Trinajstić information content (AvgIpc) is 2.63. The Labute approximate surface area is 120 Å². The van der Waals surface area contributed by atoms with Crippen LogP contribution in [0.1, 0.15) is 62.0 Å². The molecule has 1 atom stereocenters. The van der Waals surface area contributed by atoms with Gasteiger partial charge in [-0.2, -0.15) is 0 Å². The van der Waals surface area contributed by atoms with E-state index in [1.165, 1.54) is 12.8 Å². The summed E-state index contributed by atoms with van der Waals surface area (Å²) >= 11 is 0. The summed E-state index contributed by atoms with van der Waals surface area (Å²) in [7, 11) is 0. The summed E-state index contributed by atoms with van der Waals surface area (Å²) in [6.07, 6.45) is 6.62. The van der Waals surface area contributed by atoms with Gasteiger partial charge in [-0.15, -0.1) is 0 Å². The number of hydrogen-bond donors (Lipinski definition) is 1. The van der Waals surface area contributed by atoms with Crippen LogP contribution in [0.4, 0.5) is 5.82 Å². The smallest absolute Gasteiger partial charge is 0.335 e. The molecule has 0 spiro atoms. The summed E-state index contributed by atoms with van der Waals surface area (Å²) in [6.45, 7) is 5.27. The number of aryl methyl sites for hydroxylation is 1. The Balaban J connectivity index is 2.35. The van der Waals surface area contributed by atoms with Gasteiger partial charge in [0.15, 0.2) is 0 Å². The molecule has 110 valence electrons. The van der Waals surface area contributed by atoms with E-state index in [1.807, 2.05) is 0 Å². The number of carboxylic acids is 1. The van der Waals surface area contributed by atoms with E-state index in [0.29, 0.717) is 11.6 Å². The maximum absolute atomic E-state index is 11.3. The van der Waals surface area contributed by atoms with Crippen LogP contribution < -0.4 is 4.90 Å². The zero-order valence-electron chi connectivity index (χ0n) is 12.4. The average molecular weight is 276 g/mol. The van der Waals surface area contributed by atoms with Crippen molar-refractivity contribution < 1.29 is 9.90 Å². The fraction of sp³-hybridized carbons (Fsp3) is 0.625. The van der Waals surface area contributed by atoms with Gasteiger partial charge in [-0.1, -0.05) is 26.2 Å².